The Hall–Kier alpha value is -1.46. The number of rotatable bonds is 2. The number of nitrogens with zero attached hydrogens (tertiary/aromatic N) is 1. The Morgan fingerprint density at radius 2 is 2.05 bits per heavy atom. The third kappa shape index (κ3) is 2.77. The maximum atomic E-state index is 12.3. The molecule has 1 atom stereocenters. The van der Waals surface area contributed by atoms with Gasteiger partial charge in [-0.05, 0) is 23.6 Å². The highest BCUT2D eigenvalue weighted by Gasteiger charge is 2.31. The van der Waals surface area contributed by atoms with Gasteiger partial charge in [-0.2, -0.15) is 0 Å². The van der Waals surface area contributed by atoms with Gasteiger partial charge in [0.1, 0.15) is 5.37 Å². The highest BCUT2D eigenvalue weighted by atomic mass is 32.2. The summed E-state index contributed by atoms with van der Waals surface area (Å²) in [6, 6.07) is 13.7. The van der Waals surface area contributed by atoms with Crippen LogP contribution >= 0.6 is 23.1 Å². The van der Waals surface area contributed by atoms with Crippen LogP contribution in [0.3, 0.4) is 0 Å². The highest BCUT2D eigenvalue weighted by Crippen LogP contribution is 2.40. The molecule has 1 aliphatic rings. The van der Waals surface area contributed by atoms with E-state index in [0.717, 1.165) is 18.0 Å². The quantitative estimate of drug-likeness (QED) is 0.905. The molecule has 0 unspecified atom stereocenters. The zero-order valence-corrected chi connectivity index (χ0v) is 11.9. The van der Waals surface area contributed by atoms with Crippen LogP contribution in [0.4, 0.5) is 10.5 Å². The molecule has 19 heavy (non-hydrogen) atoms. The first-order valence-corrected chi connectivity index (χ1v) is 8.05. The Kier molecular flexibility index (Phi) is 3.75. The van der Waals surface area contributed by atoms with Gasteiger partial charge in [0.15, 0.2) is 0 Å². The second-order valence-electron chi connectivity index (χ2n) is 4.23. The van der Waals surface area contributed by atoms with Crippen molar-refractivity contribution < 1.29 is 4.79 Å². The van der Waals surface area contributed by atoms with Crippen molar-refractivity contribution in [2.45, 2.75) is 5.37 Å². The molecule has 2 aromatic rings. The average Bonchev–Trinajstić information content (AvgIpc) is 3.10. The molecular formula is C14H14N2OS2. The van der Waals surface area contributed by atoms with Crippen molar-refractivity contribution >= 4 is 34.8 Å². The number of amides is 2. The SMILES string of the molecule is O=C(Nc1ccccc1)N1CCS[C@H]1c1cccs1. The lowest BCUT2D eigenvalue weighted by Crippen LogP contribution is -2.34. The molecule has 3 rings (SSSR count). The molecule has 0 radical (unpaired) electrons. The molecule has 2 heterocycles. The van der Waals surface area contributed by atoms with E-state index in [2.05, 4.69) is 16.8 Å². The van der Waals surface area contributed by atoms with Crippen LogP contribution in [0, 0.1) is 0 Å². The Morgan fingerprint density at radius 3 is 2.79 bits per heavy atom. The van der Waals surface area contributed by atoms with Crippen LogP contribution in [0.2, 0.25) is 0 Å². The van der Waals surface area contributed by atoms with Gasteiger partial charge in [-0.25, -0.2) is 4.79 Å². The van der Waals surface area contributed by atoms with Gasteiger partial charge in [0, 0.05) is 22.9 Å². The number of benzene rings is 1. The lowest BCUT2D eigenvalue weighted by Gasteiger charge is -2.23. The fourth-order valence-corrected chi connectivity index (χ4v) is 4.30. The lowest BCUT2D eigenvalue weighted by atomic mass is 10.3. The number of hydrogen-bond donors (Lipinski definition) is 1. The van der Waals surface area contributed by atoms with Crippen LogP contribution < -0.4 is 5.32 Å². The summed E-state index contributed by atoms with van der Waals surface area (Å²) in [5.41, 5.74) is 0.842. The molecule has 0 aliphatic carbocycles. The van der Waals surface area contributed by atoms with Crippen molar-refractivity contribution in [2.75, 3.05) is 17.6 Å². The second kappa shape index (κ2) is 5.67. The predicted octanol–water partition coefficient (Wildman–Crippen LogP) is 4.03. The van der Waals surface area contributed by atoms with E-state index in [0.29, 0.717) is 0 Å². The standard InChI is InChI=1S/C14H14N2OS2/c17-14(15-11-5-2-1-3-6-11)16-8-10-19-13(16)12-7-4-9-18-12/h1-7,9,13H,8,10H2,(H,15,17)/t13-/m0/s1. The summed E-state index contributed by atoms with van der Waals surface area (Å²) >= 11 is 3.53. The van der Waals surface area contributed by atoms with E-state index in [9.17, 15) is 4.79 Å². The Bertz CT molecular complexity index is 542. The fourth-order valence-electron chi connectivity index (χ4n) is 2.06. The maximum absolute atomic E-state index is 12.3. The van der Waals surface area contributed by atoms with Gasteiger partial charge >= 0.3 is 6.03 Å². The largest absolute Gasteiger partial charge is 0.323 e. The molecule has 0 bridgehead atoms. The van der Waals surface area contributed by atoms with Crippen LogP contribution in [-0.4, -0.2) is 23.2 Å². The number of para-hydroxylation sites is 1. The van der Waals surface area contributed by atoms with Gasteiger partial charge in [0.05, 0.1) is 0 Å². The van der Waals surface area contributed by atoms with E-state index in [1.807, 2.05) is 53.1 Å². The van der Waals surface area contributed by atoms with Gasteiger partial charge in [0.25, 0.3) is 0 Å². The van der Waals surface area contributed by atoms with Crippen LogP contribution in [0.15, 0.2) is 47.8 Å². The molecule has 2 amide bonds. The number of thiophene rings is 1. The topological polar surface area (TPSA) is 32.3 Å². The monoisotopic (exact) mass is 290 g/mol. The van der Waals surface area contributed by atoms with Crippen molar-refractivity contribution in [1.29, 1.82) is 0 Å². The number of nitrogens with one attached hydrogen (secondary N) is 1. The average molecular weight is 290 g/mol. The second-order valence-corrected chi connectivity index (χ2v) is 6.40. The molecule has 0 spiro atoms. The molecule has 0 saturated carbocycles. The van der Waals surface area contributed by atoms with E-state index < -0.39 is 0 Å². The van der Waals surface area contributed by atoms with Crippen LogP contribution in [0.1, 0.15) is 10.3 Å². The third-order valence-corrected chi connectivity index (χ3v) is 5.28. The minimum Gasteiger partial charge on any atom is -0.308 e. The van der Waals surface area contributed by atoms with Gasteiger partial charge in [0.2, 0.25) is 0 Å². The van der Waals surface area contributed by atoms with E-state index >= 15 is 0 Å². The van der Waals surface area contributed by atoms with Crippen molar-refractivity contribution in [2.24, 2.45) is 0 Å². The van der Waals surface area contributed by atoms with E-state index in [1.165, 1.54) is 4.88 Å². The van der Waals surface area contributed by atoms with Crippen molar-refractivity contribution in [3.05, 3.63) is 52.7 Å². The van der Waals surface area contributed by atoms with E-state index in [1.54, 1.807) is 11.3 Å². The van der Waals surface area contributed by atoms with Crippen LogP contribution in [-0.2, 0) is 0 Å². The molecule has 1 saturated heterocycles. The summed E-state index contributed by atoms with van der Waals surface area (Å²) in [6.07, 6.45) is 0. The Labute approximate surface area is 120 Å². The number of carbonyl (C=O) groups excluding carboxylic acids is 1. The summed E-state index contributed by atoms with van der Waals surface area (Å²) in [5.74, 6) is 0.991. The molecule has 1 aromatic heterocycles. The first-order chi connectivity index (χ1) is 9.34. The molecule has 1 N–H and O–H groups in total. The molecular weight excluding hydrogens is 276 g/mol. The fraction of sp³-hybridized carbons (Fsp3) is 0.214. The van der Waals surface area contributed by atoms with Gasteiger partial charge in [-0.1, -0.05) is 24.3 Å². The third-order valence-electron chi connectivity index (χ3n) is 2.96. The minimum absolute atomic E-state index is 0.0189. The molecule has 1 aromatic carbocycles. The number of hydrogen-bond acceptors (Lipinski definition) is 3. The zero-order chi connectivity index (χ0) is 13.1. The molecule has 1 fully saturated rings. The first-order valence-electron chi connectivity index (χ1n) is 6.12. The molecule has 1 aliphatic heterocycles. The number of urea groups is 1. The summed E-state index contributed by atoms with van der Waals surface area (Å²) < 4.78 is 0. The zero-order valence-electron chi connectivity index (χ0n) is 10.3. The highest BCUT2D eigenvalue weighted by molar-refractivity contribution is 7.99. The molecule has 98 valence electrons. The summed E-state index contributed by atoms with van der Waals surface area (Å²) in [5, 5.41) is 5.17. The normalized spacial score (nSPS) is 18.5. The van der Waals surface area contributed by atoms with Gasteiger partial charge in [-0.3, -0.25) is 0 Å². The van der Waals surface area contributed by atoms with Crippen LogP contribution in [0.5, 0.6) is 0 Å². The molecule has 5 heteroatoms. The first kappa shape index (κ1) is 12.6. The molecule has 3 nitrogen and oxygen atoms in total. The summed E-state index contributed by atoms with van der Waals surface area (Å²) in [4.78, 5) is 15.5. The van der Waals surface area contributed by atoms with Crippen LogP contribution in [0.25, 0.3) is 0 Å². The van der Waals surface area contributed by atoms with E-state index in [4.69, 9.17) is 0 Å². The van der Waals surface area contributed by atoms with Gasteiger partial charge < -0.3 is 10.2 Å². The van der Waals surface area contributed by atoms with E-state index in [-0.39, 0.29) is 11.4 Å². The Morgan fingerprint density at radius 1 is 1.21 bits per heavy atom. The number of thioether (sulfide) groups is 1. The maximum Gasteiger partial charge on any atom is 0.323 e. The van der Waals surface area contributed by atoms with Crippen molar-refractivity contribution in [3.63, 3.8) is 0 Å². The smallest absolute Gasteiger partial charge is 0.308 e. The van der Waals surface area contributed by atoms with Crippen molar-refractivity contribution in [3.8, 4) is 0 Å². The minimum atomic E-state index is -0.0189. The summed E-state index contributed by atoms with van der Waals surface area (Å²) in [7, 11) is 0. The number of anilines is 1. The summed E-state index contributed by atoms with van der Waals surface area (Å²) in [6.45, 7) is 0.798. The van der Waals surface area contributed by atoms with Gasteiger partial charge in [-0.15, -0.1) is 23.1 Å². The lowest BCUT2D eigenvalue weighted by molar-refractivity contribution is 0.215. The number of carbonyl (C=O) groups is 1. The predicted molar refractivity (Wildman–Crippen MR) is 81.7 cm³/mol. The van der Waals surface area contributed by atoms with Crippen molar-refractivity contribution in [1.82, 2.24) is 4.90 Å². The Balaban J connectivity index is 1.72.